The van der Waals surface area contributed by atoms with Crippen LogP contribution < -0.4 is 0 Å². The summed E-state index contributed by atoms with van der Waals surface area (Å²) in [4.78, 5) is 0. The molecule has 0 saturated heterocycles. The van der Waals surface area contributed by atoms with E-state index in [-0.39, 0.29) is 6.07 Å². The van der Waals surface area contributed by atoms with E-state index in [1.165, 1.54) is 0 Å². The molecule has 0 aromatic rings. The van der Waals surface area contributed by atoms with Crippen LogP contribution in [-0.2, 0) is 13.3 Å². The standard InChI is InChI=1S/C7H17ClO3Si/c1-4-5-6-12(9-2,10-3)11-7-8/h4-7H2,1-3H3. The van der Waals surface area contributed by atoms with Gasteiger partial charge in [0.15, 0.2) is 0 Å². The third-order valence-electron chi connectivity index (χ3n) is 1.73. The van der Waals surface area contributed by atoms with Crippen molar-refractivity contribution in [2.45, 2.75) is 25.8 Å². The number of hydrogen-bond acceptors (Lipinski definition) is 3. The van der Waals surface area contributed by atoms with Gasteiger partial charge in [-0.15, -0.1) is 0 Å². The zero-order valence-corrected chi connectivity index (χ0v) is 9.69. The van der Waals surface area contributed by atoms with Gasteiger partial charge in [-0.1, -0.05) is 24.9 Å². The molecule has 0 bridgehead atoms. The van der Waals surface area contributed by atoms with Crippen molar-refractivity contribution in [2.75, 3.05) is 20.3 Å². The summed E-state index contributed by atoms with van der Waals surface area (Å²) in [6.07, 6.45) is 2.15. The van der Waals surface area contributed by atoms with Gasteiger partial charge >= 0.3 is 8.80 Å². The zero-order valence-electron chi connectivity index (χ0n) is 7.93. The van der Waals surface area contributed by atoms with Crippen molar-refractivity contribution in [1.82, 2.24) is 0 Å². The molecule has 0 fully saturated rings. The summed E-state index contributed by atoms with van der Waals surface area (Å²) in [6.45, 7) is 2.12. The fourth-order valence-electron chi connectivity index (χ4n) is 0.954. The Kier molecular flexibility index (Phi) is 7.08. The summed E-state index contributed by atoms with van der Waals surface area (Å²) >= 11 is 5.47. The lowest BCUT2D eigenvalue weighted by molar-refractivity contribution is 0.116. The third kappa shape index (κ3) is 3.87. The SMILES string of the molecule is CCCC[Si](OC)(OC)OCCl. The molecule has 0 heterocycles. The first-order valence-corrected chi connectivity index (χ1v) is 6.51. The summed E-state index contributed by atoms with van der Waals surface area (Å²) in [5.74, 6) is 0. The minimum atomic E-state index is -2.40. The van der Waals surface area contributed by atoms with Crippen molar-refractivity contribution in [3.8, 4) is 0 Å². The van der Waals surface area contributed by atoms with Gasteiger partial charge in [0, 0.05) is 20.3 Å². The Morgan fingerprint density at radius 3 is 2.17 bits per heavy atom. The molecule has 0 aliphatic rings. The van der Waals surface area contributed by atoms with E-state index in [1.54, 1.807) is 14.2 Å². The summed E-state index contributed by atoms with van der Waals surface area (Å²) in [6, 6.07) is 0.973. The number of hydrogen-bond donors (Lipinski definition) is 0. The van der Waals surface area contributed by atoms with Crippen molar-refractivity contribution < 1.29 is 13.3 Å². The van der Waals surface area contributed by atoms with Gasteiger partial charge in [0.2, 0.25) is 0 Å². The molecule has 0 N–H and O–H groups in total. The second-order valence-corrected chi connectivity index (χ2v) is 5.64. The van der Waals surface area contributed by atoms with E-state index in [9.17, 15) is 0 Å². The first-order chi connectivity index (χ1) is 5.74. The van der Waals surface area contributed by atoms with Crippen molar-refractivity contribution in [1.29, 1.82) is 0 Å². The molecule has 0 atom stereocenters. The van der Waals surface area contributed by atoms with Gasteiger partial charge in [0.05, 0.1) is 0 Å². The minimum Gasteiger partial charge on any atom is -0.377 e. The lowest BCUT2D eigenvalue weighted by atomic mass is 10.4. The fraction of sp³-hybridized carbons (Fsp3) is 1.00. The van der Waals surface area contributed by atoms with Crippen LogP contribution in [0.15, 0.2) is 0 Å². The van der Waals surface area contributed by atoms with E-state index in [2.05, 4.69) is 6.92 Å². The van der Waals surface area contributed by atoms with Crippen LogP contribution in [0.3, 0.4) is 0 Å². The first kappa shape index (κ1) is 12.4. The van der Waals surface area contributed by atoms with Gasteiger partial charge in [-0.2, -0.15) is 0 Å². The molecule has 0 aromatic heterocycles. The molecule has 0 aromatic carbocycles. The maximum absolute atomic E-state index is 5.47. The first-order valence-electron chi connectivity index (χ1n) is 4.05. The van der Waals surface area contributed by atoms with Crippen LogP contribution in [-0.4, -0.2) is 29.1 Å². The predicted octanol–water partition coefficient (Wildman–Crippen LogP) is 2.23. The summed E-state index contributed by atoms with van der Waals surface area (Å²) in [7, 11) is 0.822. The van der Waals surface area contributed by atoms with Gasteiger partial charge < -0.3 is 13.3 Å². The topological polar surface area (TPSA) is 27.7 Å². The van der Waals surface area contributed by atoms with Gasteiger partial charge in [-0.25, -0.2) is 0 Å². The van der Waals surface area contributed by atoms with Crippen LogP contribution in [0, 0.1) is 0 Å². The molecule has 0 spiro atoms. The number of alkyl halides is 1. The molecule has 0 aliphatic carbocycles. The van der Waals surface area contributed by atoms with E-state index in [4.69, 9.17) is 24.9 Å². The largest absolute Gasteiger partial charge is 0.501 e. The Morgan fingerprint density at radius 2 is 1.83 bits per heavy atom. The Hall–Kier alpha value is 0.387. The maximum atomic E-state index is 5.47. The average molecular weight is 213 g/mol. The molecule has 0 aliphatic heterocycles. The van der Waals surface area contributed by atoms with Gasteiger partial charge in [-0.3, -0.25) is 0 Å². The minimum absolute atomic E-state index is 0.137. The van der Waals surface area contributed by atoms with Crippen molar-refractivity contribution >= 4 is 20.4 Å². The van der Waals surface area contributed by atoms with Gasteiger partial charge in [-0.05, 0) is 6.42 Å². The summed E-state index contributed by atoms with van der Waals surface area (Å²) in [5.41, 5.74) is 0. The highest BCUT2D eigenvalue weighted by molar-refractivity contribution is 6.61. The van der Waals surface area contributed by atoms with Gasteiger partial charge in [0.25, 0.3) is 0 Å². The average Bonchev–Trinajstić information content (AvgIpc) is 2.13. The Bertz CT molecular complexity index is 109. The van der Waals surface area contributed by atoms with E-state index in [0.717, 1.165) is 18.9 Å². The van der Waals surface area contributed by atoms with Gasteiger partial charge in [0.1, 0.15) is 6.07 Å². The van der Waals surface area contributed by atoms with E-state index < -0.39 is 8.80 Å². The molecular weight excluding hydrogens is 196 g/mol. The molecular formula is C7H17ClO3Si. The molecule has 74 valence electrons. The summed E-state index contributed by atoms with van der Waals surface area (Å²) < 4.78 is 15.8. The van der Waals surface area contributed by atoms with Crippen LogP contribution in [0.1, 0.15) is 19.8 Å². The van der Waals surface area contributed by atoms with Crippen molar-refractivity contribution in [3.63, 3.8) is 0 Å². The predicted molar refractivity (Wildman–Crippen MR) is 51.3 cm³/mol. The number of rotatable bonds is 7. The normalized spacial score (nSPS) is 12.0. The zero-order chi connectivity index (χ0) is 9.45. The molecule has 0 unspecified atom stereocenters. The maximum Gasteiger partial charge on any atom is 0.501 e. The molecule has 0 amide bonds. The van der Waals surface area contributed by atoms with Crippen LogP contribution in [0.4, 0.5) is 0 Å². The Balaban J connectivity index is 3.95. The smallest absolute Gasteiger partial charge is 0.377 e. The Morgan fingerprint density at radius 1 is 1.25 bits per heavy atom. The highest BCUT2D eigenvalue weighted by Crippen LogP contribution is 2.17. The van der Waals surface area contributed by atoms with Crippen molar-refractivity contribution in [2.24, 2.45) is 0 Å². The van der Waals surface area contributed by atoms with Crippen LogP contribution in [0.25, 0.3) is 0 Å². The number of unbranched alkanes of at least 4 members (excludes halogenated alkanes) is 1. The quantitative estimate of drug-likeness (QED) is 0.479. The monoisotopic (exact) mass is 212 g/mol. The number of halogens is 1. The second-order valence-electron chi connectivity index (χ2n) is 2.45. The lowest BCUT2D eigenvalue weighted by Gasteiger charge is -2.24. The molecule has 5 heteroatoms. The van der Waals surface area contributed by atoms with E-state index >= 15 is 0 Å². The molecule has 3 nitrogen and oxygen atoms in total. The lowest BCUT2D eigenvalue weighted by Crippen LogP contribution is -2.43. The Labute approximate surface area is 80.3 Å². The van der Waals surface area contributed by atoms with E-state index in [1.807, 2.05) is 0 Å². The highest BCUT2D eigenvalue weighted by atomic mass is 35.5. The van der Waals surface area contributed by atoms with Crippen LogP contribution in [0.5, 0.6) is 0 Å². The molecule has 0 radical (unpaired) electrons. The van der Waals surface area contributed by atoms with Crippen LogP contribution in [0.2, 0.25) is 6.04 Å². The summed E-state index contributed by atoms with van der Waals surface area (Å²) in [5, 5.41) is 0. The van der Waals surface area contributed by atoms with Crippen LogP contribution >= 0.6 is 11.6 Å². The second kappa shape index (κ2) is 6.86. The van der Waals surface area contributed by atoms with Crippen molar-refractivity contribution in [3.05, 3.63) is 0 Å². The molecule has 12 heavy (non-hydrogen) atoms. The third-order valence-corrected chi connectivity index (χ3v) is 4.82. The molecule has 0 saturated carbocycles. The fourth-order valence-corrected chi connectivity index (χ4v) is 3.36. The highest BCUT2D eigenvalue weighted by Gasteiger charge is 2.37. The van der Waals surface area contributed by atoms with E-state index in [0.29, 0.717) is 0 Å². The molecule has 0 rings (SSSR count).